The van der Waals surface area contributed by atoms with Gasteiger partial charge >= 0.3 is 5.97 Å². The Labute approximate surface area is 352 Å². The first kappa shape index (κ1) is 40.8. The van der Waals surface area contributed by atoms with Crippen LogP contribution in [0, 0.1) is 35.9 Å². The van der Waals surface area contributed by atoms with Gasteiger partial charge < -0.3 is 35.6 Å². The van der Waals surface area contributed by atoms with Crippen molar-refractivity contribution >= 4 is 50.1 Å². The number of anilines is 4. The van der Waals surface area contributed by atoms with E-state index in [0.717, 1.165) is 73.9 Å². The van der Waals surface area contributed by atoms with Gasteiger partial charge in [0.2, 0.25) is 0 Å². The molecule has 16 heteroatoms. The minimum atomic E-state index is -1.12. The predicted octanol–water partition coefficient (Wildman–Crippen LogP) is 7.10. The Morgan fingerprint density at radius 2 is 1.82 bits per heavy atom. The normalized spacial score (nSPS) is 26.1. The molecule has 0 radical (unpaired) electrons. The topological polar surface area (TPSA) is 184 Å². The number of carboxylic acid groups (broad SMARTS) is 1. The molecular formula is C44H54FN9O5S. The van der Waals surface area contributed by atoms with Crippen LogP contribution in [0.4, 0.5) is 27.0 Å². The molecule has 1 aromatic carbocycles. The maximum Gasteiger partial charge on any atom is 0.355 e. The molecule has 5 heterocycles. The van der Waals surface area contributed by atoms with Crippen LogP contribution in [0.5, 0.6) is 0 Å². The molecule has 4 fully saturated rings. The molecule has 318 valence electrons. The van der Waals surface area contributed by atoms with Crippen molar-refractivity contribution < 1.29 is 29.2 Å². The summed E-state index contributed by atoms with van der Waals surface area (Å²) < 4.78 is 23.8. The highest BCUT2D eigenvalue weighted by Gasteiger charge is 2.66. The van der Waals surface area contributed by atoms with Gasteiger partial charge in [-0.3, -0.25) is 4.68 Å². The maximum absolute atomic E-state index is 14.4. The van der Waals surface area contributed by atoms with Crippen molar-refractivity contribution in [1.29, 1.82) is 0 Å². The number of halogens is 1. The number of aliphatic hydroxyl groups is 2. The zero-order chi connectivity index (χ0) is 42.0. The summed E-state index contributed by atoms with van der Waals surface area (Å²) in [6.07, 6.45) is 9.58. The number of carboxylic acids is 1. The number of nitrogens with zero attached hydrogens (tertiary/aromatic N) is 7. The molecule has 14 nitrogen and oxygen atoms in total. The number of ether oxygens (including phenoxy) is 1. The first-order valence-electron chi connectivity index (χ1n) is 21.1. The van der Waals surface area contributed by atoms with E-state index in [2.05, 4.69) is 44.3 Å². The van der Waals surface area contributed by atoms with E-state index in [1.807, 2.05) is 30.9 Å². The average Bonchev–Trinajstić information content (AvgIpc) is 3.78. The molecule has 60 heavy (non-hydrogen) atoms. The Morgan fingerprint density at radius 3 is 2.57 bits per heavy atom. The lowest BCUT2D eigenvalue weighted by Crippen LogP contribution is -2.64. The SMILES string of the molecule is Cc1c(Nc2nc3cccc(F)c3s2)nnc2c1CCCN2c1ccc(-c2cnn(CC34CC5(C)CC(C)(C3)CC(OCCNCCC(O)CO)(C5)C4)c2C)c(C(=O)O)n1. The van der Waals surface area contributed by atoms with E-state index in [0.29, 0.717) is 71.0 Å². The van der Waals surface area contributed by atoms with Gasteiger partial charge in [-0.25, -0.2) is 19.2 Å². The predicted molar refractivity (Wildman–Crippen MR) is 228 cm³/mol. The van der Waals surface area contributed by atoms with Crippen LogP contribution in [-0.4, -0.2) is 95.8 Å². The second-order valence-electron chi connectivity index (χ2n) is 18.7. The molecule has 3 unspecified atom stereocenters. The van der Waals surface area contributed by atoms with Crippen molar-refractivity contribution in [2.24, 2.45) is 16.2 Å². The van der Waals surface area contributed by atoms with E-state index in [1.54, 1.807) is 18.3 Å². The monoisotopic (exact) mass is 839 g/mol. The average molecular weight is 840 g/mol. The smallest absolute Gasteiger partial charge is 0.355 e. The van der Waals surface area contributed by atoms with Gasteiger partial charge in [-0.2, -0.15) is 5.10 Å². The zero-order valence-corrected chi connectivity index (χ0v) is 35.5. The lowest BCUT2D eigenvalue weighted by Gasteiger charge is -2.69. The molecule has 4 aromatic heterocycles. The van der Waals surface area contributed by atoms with Crippen molar-refractivity contribution in [1.82, 2.24) is 35.3 Å². The molecule has 4 aliphatic carbocycles. The van der Waals surface area contributed by atoms with Crippen LogP contribution in [0.1, 0.15) is 92.5 Å². The Kier molecular flexibility index (Phi) is 10.5. The van der Waals surface area contributed by atoms with Crippen LogP contribution < -0.4 is 15.5 Å². The first-order chi connectivity index (χ1) is 28.7. The molecule has 5 aromatic rings. The minimum absolute atomic E-state index is 0.00872. The van der Waals surface area contributed by atoms with Crippen LogP contribution >= 0.6 is 11.3 Å². The molecule has 0 saturated heterocycles. The highest BCUT2D eigenvalue weighted by atomic mass is 32.1. The molecule has 5 N–H and O–H groups in total. The number of aromatic carboxylic acids is 1. The zero-order valence-electron chi connectivity index (χ0n) is 34.7. The standard InChI is InChI=1S/C44H54FN9O5S/c1-26-29-7-6-15-53(38(29)52-51-37(26)50-40-48-33-9-5-8-32(45)36(33)60-40)34-11-10-30(35(49-34)39(57)58)31-17-47-54(27(31)2)25-43-20-41(3)19-42(4,21-43)23-44(22-41,24-43)59-16-14-46-13-12-28(56)18-55/h5,8-11,17,28,46,55-56H,6-7,12-16,18-25H2,1-4H3,(H,57,58)(H,48,50,51). The number of benzene rings is 1. The lowest BCUT2D eigenvalue weighted by molar-refractivity contribution is -0.247. The number of hydrogen-bond donors (Lipinski definition) is 5. The van der Waals surface area contributed by atoms with Crippen LogP contribution in [0.25, 0.3) is 21.3 Å². The summed E-state index contributed by atoms with van der Waals surface area (Å²) in [5, 5.41) is 50.5. The molecule has 0 spiro atoms. The van der Waals surface area contributed by atoms with Crippen molar-refractivity contribution in [2.75, 3.05) is 43.1 Å². The quantitative estimate of drug-likeness (QED) is 0.0674. The van der Waals surface area contributed by atoms with E-state index in [9.17, 15) is 19.4 Å². The third-order valence-corrected chi connectivity index (χ3v) is 14.4. The Hall–Kier alpha value is -4.61. The van der Waals surface area contributed by atoms with E-state index < -0.39 is 12.1 Å². The van der Waals surface area contributed by atoms with E-state index >= 15 is 0 Å². The molecular weight excluding hydrogens is 786 g/mol. The van der Waals surface area contributed by atoms with Crippen molar-refractivity contribution in [3.05, 3.63) is 64.9 Å². The van der Waals surface area contributed by atoms with Gasteiger partial charge in [-0.1, -0.05) is 31.3 Å². The Bertz CT molecular complexity index is 2440. The van der Waals surface area contributed by atoms with Gasteiger partial charge in [0.15, 0.2) is 22.5 Å². The summed E-state index contributed by atoms with van der Waals surface area (Å²) in [7, 11) is 0. The Balaban J connectivity index is 0.941. The summed E-state index contributed by atoms with van der Waals surface area (Å²) in [5.74, 6) is 0.218. The van der Waals surface area contributed by atoms with Gasteiger partial charge in [0, 0.05) is 47.6 Å². The first-order valence-corrected chi connectivity index (χ1v) is 21.9. The number of carbonyl (C=O) groups is 1. The molecule has 3 atom stereocenters. The summed E-state index contributed by atoms with van der Waals surface area (Å²) in [6, 6.07) is 8.53. The van der Waals surface area contributed by atoms with Crippen molar-refractivity contribution in [3.63, 3.8) is 0 Å². The van der Waals surface area contributed by atoms with Crippen molar-refractivity contribution in [2.45, 2.75) is 104 Å². The maximum atomic E-state index is 14.4. The molecule has 0 amide bonds. The summed E-state index contributed by atoms with van der Waals surface area (Å²) in [4.78, 5) is 24.2. The number of aromatic nitrogens is 6. The van der Waals surface area contributed by atoms with E-state index in [-0.39, 0.29) is 40.0 Å². The Morgan fingerprint density at radius 1 is 1.02 bits per heavy atom. The van der Waals surface area contributed by atoms with Gasteiger partial charge in [-0.05, 0) is 119 Å². The van der Waals surface area contributed by atoms with Gasteiger partial charge in [-0.15, -0.1) is 10.2 Å². The summed E-state index contributed by atoms with van der Waals surface area (Å²) >= 11 is 1.22. The molecule has 5 aliphatic rings. The highest BCUT2D eigenvalue weighted by molar-refractivity contribution is 7.22. The van der Waals surface area contributed by atoms with E-state index in [1.165, 1.54) is 23.8 Å². The van der Waals surface area contributed by atoms with E-state index in [4.69, 9.17) is 19.9 Å². The summed E-state index contributed by atoms with van der Waals surface area (Å²) in [5.41, 5.74) is 4.68. The summed E-state index contributed by atoms with van der Waals surface area (Å²) in [6.45, 7) is 11.8. The fourth-order valence-electron chi connectivity index (χ4n) is 12.1. The van der Waals surface area contributed by atoms with Gasteiger partial charge in [0.1, 0.15) is 11.6 Å². The van der Waals surface area contributed by atoms with Crippen LogP contribution in [0.3, 0.4) is 0 Å². The fourth-order valence-corrected chi connectivity index (χ4v) is 13.0. The van der Waals surface area contributed by atoms with Crippen LogP contribution in [-0.2, 0) is 17.7 Å². The molecule has 10 rings (SSSR count). The highest BCUT2D eigenvalue weighted by Crippen LogP contribution is 2.72. The second-order valence-corrected chi connectivity index (χ2v) is 19.7. The fraction of sp³-hybridized carbons (Fsp3) is 0.545. The van der Waals surface area contributed by atoms with Crippen LogP contribution in [0.2, 0.25) is 0 Å². The number of thiazole rings is 1. The number of aliphatic hydroxyl groups excluding tert-OH is 2. The van der Waals surface area contributed by atoms with Gasteiger partial charge in [0.25, 0.3) is 0 Å². The number of nitrogens with one attached hydrogen (secondary N) is 2. The lowest BCUT2D eigenvalue weighted by atomic mass is 9.39. The third-order valence-electron chi connectivity index (χ3n) is 13.4. The molecule has 1 aliphatic heterocycles. The molecule has 4 saturated carbocycles. The molecule has 4 bridgehead atoms. The third kappa shape index (κ3) is 7.54. The minimum Gasteiger partial charge on any atom is -0.476 e. The van der Waals surface area contributed by atoms with Crippen LogP contribution in [0.15, 0.2) is 36.5 Å². The second kappa shape index (κ2) is 15.4. The van der Waals surface area contributed by atoms with Crippen molar-refractivity contribution in [3.8, 4) is 11.1 Å². The number of rotatable bonds is 15. The number of pyridine rings is 1. The number of fused-ring (bicyclic) bond motifs is 2. The van der Waals surface area contributed by atoms with Gasteiger partial charge in [0.05, 0.1) is 41.3 Å². The number of hydrogen-bond acceptors (Lipinski definition) is 13. The largest absolute Gasteiger partial charge is 0.476 e.